The van der Waals surface area contributed by atoms with Gasteiger partial charge in [0, 0.05) is 19.3 Å². The predicted octanol–water partition coefficient (Wildman–Crippen LogP) is 4.71. The van der Waals surface area contributed by atoms with Gasteiger partial charge in [-0.2, -0.15) is 4.31 Å². The number of hydrogen-bond donors (Lipinski definition) is 0. The maximum absolute atomic E-state index is 13.0. The number of sulfonamides is 1. The van der Waals surface area contributed by atoms with Crippen molar-refractivity contribution in [1.82, 2.24) is 9.29 Å². The summed E-state index contributed by atoms with van der Waals surface area (Å²) in [5.74, 6) is -0.674. The van der Waals surface area contributed by atoms with Crippen LogP contribution in [0.1, 0.15) is 41.6 Å². The highest BCUT2D eigenvalue weighted by Gasteiger charge is 2.27. The number of rotatable bonds is 8. The van der Waals surface area contributed by atoms with Crippen LogP contribution in [0.5, 0.6) is 0 Å². The van der Waals surface area contributed by atoms with Crippen molar-refractivity contribution in [3.63, 3.8) is 0 Å². The van der Waals surface area contributed by atoms with Crippen LogP contribution in [-0.4, -0.2) is 36.8 Å². The summed E-state index contributed by atoms with van der Waals surface area (Å²) in [6.45, 7) is 4.06. The fourth-order valence-corrected chi connectivity index (χ4v) is 5.12. The molecule has 0 bridgehead atoms. The zero-order valence-corrected chi connectivity index (χ0v) is 18.8. The Balaban J connectivity index is 1.97. The molecule has 0 spiro atoms. The molecule has 3 aromatic rings. The van der Waals surface area contributed by atoms with Gasteiger partial charge in [-0.3, -0.25) is 4.98 Å². The maximum Gasteiger partial charge on any atom is 0.339 e. The lowest BCUT2D eigenvalue weighted by Crippen LogP contribution is -2.31. The molecule has 0 saturated carbocycles. The summed E-state index contributed by atoms with van der Waals surface area (Å²) in [5.41, 5.74) is 1.40. The van der Waals surface area contributed by atoms with Crippen LogP contribution >= 0.6 is 11.6 Å². The normalized spacial score (nSPS) is 12.5. The number of esters is 1. The lowest BCUT2D eigenvalue weighted by atomic mass is 10.1. The molecule has 1 unspecified atom stereocenters. The largest absolute Gasteiger partial charge is 0.447 e. The van der Waals surface area contributed by atoms with Crippen LogP contribution < -0.4 is 0 Å². The molecule has 162 valence electrons. The number of carbonyl (C=O) groups is 1. The SMILES string of the molecule is CCN(CC)S(=O)(=O)c1cc(C(=O)OC(c2ccccc2)c2ccccn2)ccc1Cl. The summed E-state index contributed by atoms with van der Waals surface area (Å²) < 4.78 is 32.9. The third kappa shape index (κ3) is 5.12. The Morgan fingerprint density at radius 2 is 1.71 bits per heavy atom. The summed E-state index contributed by atoms with van der Waals surface area (Å²) in [4.78, 5) is 17.2. The van der Waals surface area contributed by atoms with Gasteiger partial charge >= 0.3 is 5.97 Å². The number of pyridine rings is 1. The average molecular weight is 459 g/mol. The number of benzene rings is 2. The number of nitrogens with zero attached hydrogens (tertiary/aromatic N) is 2. The van der Waals surface area contributed by atoms with Crippen LogP contribution in [0.25, 0.3) is 0 Å². The fraction of sp³-hybridized carbons (Fsp3) is 0.217. The van der Waals surface area contributed by atoms with Crippen molar-refractivity contribution in [1.29, 1.82) is 0 Å². The van der Waals surface area contributed by atoms with Gasteiger partial charge in [0.05, 0.1) is 16.3 Å². The van der Waals surface area contributed by atoms with Crippen LogP contribution in [0, 0.1) is 0 Å². The highest BCUT2D eigenvalue weighted by molar-refractivity contribution is 7.89. The van der Waals surface area contributed by atoms with Gasteiger partial charge in [0.15, 0.2) is 6.10 Å². The molecule has 3 rings (SSSR count). The Morgan fingerprint density at radius 1 is 1.03 bits per heavy atom. The summed E-state index contributed by atoms with van der Waals surface area (Å²) in [5, 5.41) is 0.0489. The topological polar surface area (TPSA) is 76.6 Å². The van der Waals surface area contributed by atoms with Crippen LogP contribution in [-0.2, 0) is 14.8 Å². The fourth-order valence-electron chi connectivity index (χ4n) is 3.16. The van der Waals surface area contributed by atoms with Crippen LogP contribution in [0.2, 0.25) is 5.02 Å². The monoisotopic (exact) mass is 458 g/mol. The molecule has 1 aromatic heterocycles. The number of aromatic nitrogens is 1. The highest BCUT2D eigenvalue weighted by atomic mass is 35.5. The lowest BCUT2D eigenvalue weighted by molar-refractivity contribution is 0.0370. The Morgan fingerprint density at radius 3 is 2.32 bits per heavy atom. The van der Waals surface area contributed by atoms with Crippen molar-refractivity contribution < 1.29 is 17.9 Å². The molecular formula is C23H23ClN2O4S. The second-order valence-electron chi connectivity index (χ2n) is 6.69. The first-order valence-corrected chi connectivity index (χ1v) is 11.7. The molecule has 1 atom stereocenters. The van der Waals surface area contributed by atoms with Gasteiger partial charge in [-0.15, -0.1) is 0 Å². The van der Waals surface area contributed by atoms with E-state index >= 15 is 0 Å². The summed E-state index contributed by atoms with van der Waals surface area (Å²) in [7, 11) is -3.84. The maximum atomic E-state index is 13.0. The van der Waals surface area contributed by atoms with Crippen molar-refractivity contribution in [3.8, 4) is 0 Å². The smallest absolute Gasteiger partial charge is 0.339 e. The number of halogens is 1. The molecule has 0 amide bonds. The molecule has 0 N–H and O–H groups in total. The van der Waals surface area contributed by atoms with E-state index in [0.717, 1.165) is 5.56 Å². The Kier molecular flexibility index (Phi) is 7.43. The Hall–Kier alpha value is -2.74. The van der Waals surface area contributed by atoms with Crippen LogP contribution in [0.4, 0.5) is 0 Å². The summed E-state index contributed by atoms with van der Waals surface area (Å²) >= 11 is 6.17. The average Bonchev–Trinajstić information content (AvgIpc) is 2.79. The van der Waals surface area contributed by atoms with E-state index in [0.29, 0.717) is 18.8 Å². The second kappa shape index (κ2) is 10.0. The number of hydrogen-bond acceptors (Lipinski definition) is 5. The van der Waals surface area contributed by atoms with Gasteiger partial charge in [-0.1, -0.05) is 61.8 Å². The van der Waals surface area contributed by atoms with Gasteiger partial charge in [0.1, 0.15) is 4.90 Å². The molecule has 2 aromatic carbocycles. The zero-order chi connectivity index (χ0) is 22.4. The van der Waals surface area contributed by atoms with Crippen molar-refractivity contribution in [3.05, 3.63) is 94.8 Å². The van der Waals surface area contributed by atoms with Crippen LogP contribution in [0.15, 0.2) is 77.8 Å². The minimum Gasteiger partial charge on any atom is -0.447 e. The molecule has 0 aliphatic heterocycles. The zero-order valence-electron chi connectivity index (χ0n) is 17.2. The van der Waals surface area contributed by atoms with E-state index in [1.165, 1.54) is 22.5 Å². The molecule has 0 aliphatic rings. The first kappa shape index (κ1) is 22.9. The van der Waals surface area contributed by atoms with E-state index in [1.807, 2.05) is 36.4 Å². The molecule has 0 fully saturated rings. The standard InChI is InChI=1S/C23H23ClN2O4S/c1-3-26(4-2)31(28,29)21-16-18(13-14-19(21)24)23(27)30-22(17-10-6-5-7-11-17)20-12-8-9-15-25-20/h5-16,22H,3-4H2,1-2H3. The van der Waals surface area contributed by atoms with Gasteiger partial charge < -0.3 is 4.74 Å². The predicted molar refractivity (Wildman–Crippen MR) is 119 cm³/mol. The number of carbonyl (C=O) groups excluding carboxylic acids is 1. The van der Waals surface area contributed by atoms with Gasteiger partial charge in [-0.25, -0.2) is 13.2 Å². The molecule has 0 radical (unpaired) electrons. The Labute approximate surface area is 187 Å². The first-order valence-electron chi connectivity index (χ1n) is 9.85. The van der Waals surface area contributed by atoms with E-state index in [2.05, 4.69) is 4.98 Å². The van der Waals surface area contributed by atoms with Crippen LogP contribution in [0.3, 0.4) is 0 Å². The van der Waals surface area contributed by atoms with Crippen molar-refractivity contribution in [2.24, 2.45) is 0 Å². The van der Waals surface area contributed by atoms with E-state index in [-0.39, 0.29) is 15.5 Å². The second-order valence-corrected chi connectivity index (χ2v) is 9.00. The highest BCUT2D eigenvalue weighted by Crippen LogP contribution is 2.29. The first-order chi connectivity index (χ1) is 14.9. The van der Waals surface area contributed by atoms with Crippen molar-refractivity contribution >= 4 is 27.6 Å². The van der Waals surface area contributed by atoms with Gasteiger partial charge in [0.2, 0.25) is 10.0 Å². The molecular weight excluding hydrogens is 436 g/mol. The number of ether oxygens (including phenoxy) is 1. The minimum absolute atomic E-state index is 0.0489. The van der Waals surface area contributed by atoms with E-state index in [9.17, 15) is 13.2 Å². The molecule has 6 nitrogen and oxygen atoms in total. The molecule has 0 saturated heterocycles. The Bertz CT molecular complexity index is 1100. The summed E-state index contributed by atoms with van der Waals surface area (Å²) in [6, 6.07) is 18.7. The third-order valence-electron chi connectivity index (χ3n) is 4.77. The molecule has 1 heterocycles. The minimum atomic E-state index is -3.84. The van der Waals surface area contributed by atoms with Gasteiger partial charge in [0.25, 0.3) is 0 Å². The summed E-state index contributed by atoms with van der Waals surface area (Å²) in [6.07, 6.45) is 0.879. The molecule has 0 aliphatic carbocycles. The molecule has 31 heavy (non-hydrogen) atoms. The lowest BCUT2D eigenvalue weighted by Gasteiger charge is -2.20. The van der Waals surface area contributed by atoms with Crippen molar-refractivity contribution in [2.75, 3.05) is 13.1 Å². The van der Waals surface area contributed by atoms with E-state index in [4.69, 9.17) is 16.3 Å². The van der Waals surface area contributed by atoms with E-state index in [1.54, 1.807) is 32.2 Å². The van der Waals surface area contributed by atoms with Gasteiger partial charge in [-0.05, 0) is 35.9 Å². The van der Waals surface area contributed by atoms with Crippen molar-refractivity contribution in [2.45, 2.75) is 24.8 Å². The third-order valence-corrected chi connectivity index (χ3v) is 7.31. The van der Waals surface area contributed by atoms with E-state index < -0.39 is 22.1 Å². The quantitative estimate of drug-likeness (QED) is 0.457. The molecule has 8 heteroatoms.